The molecule has 2 unspecified atom stereocenters. The maximum Gasteiger partial charge on any atom is 0.408 e. The Kier molecular flexibility index (Phi) is 12.9. The lowest BCUT2D eigenvalue weighted by Gasteiger charge is -2.34. The zero-order chi connectivity index (χ0) is 27.3. The number of rotatable bonds is 13. The van der Waals surface area contributed by atoms with E-state index in [4.69, 9.17) is 9.47 Å². The van der Waals surface area contributed by atoms with Gasteiger partial charge in [-0.05, 0) is 45.6 Å². The molecular formula is C26H41N3O7. The number of nitrogens with zero attached hydrogens (tertiary/aromatic N) is 1. The maximum atomic E-state index is 13.7. The molecule has 10 nitrogen and oxygen atoms in total. The average molecular weight is 508 g/mol. The van der Waals surface area contributed by atoms with E-state index in [0.29, 0.717) is 12.0 Å². The van der Waals surface area contributed by atoms with Gasteiger partial charge in [0.1, 0.15) is 17.7 Å². The van der Waals surface area contributed by atoms with Crippen LogP contribution in [-0.4, -0.2) is 71.8 Å². The highest BCUT2D eigenvalue weighted by Crippen LogP contribution is 2.23. The van der Waals surface area contributed by atoms with Gasteiger partial charge in [-0.3, -0.25) is 14.4 Å². The summed E-state index contributed by atoms with van der Waals surface area (Å²) in [5.74, 6) is -1.46. The van der Waals surface area contributed by atoms with Crippen molar-refractivity contribution in [2.24, 2.45) is 5.92 Å². The van der Waals surface area contributed by atoms with Crippen molar-refractivity contribution in [2.45, 2.75) is 72.1 Å². The normalized spacial score (nSPS) is 12.9. The van der Waals surface area contributed by atoms with E-state index in [1.165, 1.54) is 4.90 Å². The fourth-order valence-corrected chi connectivity index (χ4v) is 3.54. The zero-order valence-electron chi connectivity index (χ0n) is 22.2. The number of benzene rings is 1. The van der Waals surface area contributed by atoms with Gasteiger partial charge in [0.25, 0.3) is 0 Å². The van der Waals surface area contributed by atoms with Crippen molar-refractivity contribution in [3.8, 4) is 0 Å². The van der Waals surface area contributed by atoms with Gasteiger partial charge in [0.2, 0.25) is 11.8 Å². The van der Waals surface area contributed by atoms with Crippen LogP contribution in [0, 0.1) is 5.92 Å². The molecule has 3 N–H and O–H groups in total. The summed E-state index contributed by atoms with van der Waals surface area (Å²) >= 11 is 0. The first-order valence-electron chi connectivity index (χ1n) is 12.3. The molecule has 1 rings (SSSR count). The number of aliphatic hydroxyl groups excluding tert-OH is 1. The van der Waals surface area contributed by atoms with E-state index in [1.807, 2.05) is 13.8 Å². The molecule has 36 heavy (non-hydrogen) atoms. The number of aliphatic hydroxyl groups is 1. The lowest BCUT2D eigenvalue weighted by atomic mass is 9.99. The molecule has 0 aliphatic rings. The monoisotopic (exact) mass is 507 g/mol. The van der Waals surface area contributed by atoms with Crippen molar-refractivity contribution < 1.29 is 33.8 Å². The van der Waals surface area contributed by atoms with Crippen molar-refractivity contribution in [3.05, 3.63) is 35.9 Å². The van der Waals surface area contributed by atoms with Crippen molar-refractivity contribution >= 4 is 23.9 Å². The number of hydrogen-bond donors (Lipinski definition) is 3. The van der Waals surface area contributed by atoms with Gasteiger partial charge in [0.05, 0.1) is 19.6 Å². The number of nitrogens with one attached hydrogen (secondary N) is 2. The lowest BCUT2D eigenvalue weighted by molar-refractivity contribution is -0.144. The second-order valence-corrected chi connectivity index (χ2v) is 9.74. The van der Waals surface area contributed by atoms with Crippen molar-refractivity contribution in [1.82, 2.24) is 15.5 Å². The number of carbonyl (C=O) groups is 4. The SMILES string of the molecule is CCOC(=O)CCNC(=O)C(c1ccccc1)N(CCO)C(=O)C(CC(C)C)NC(=O)OC(C)(C)C. The summed E-state index contributed by atoms with van der Waals surface area (Å²) in [5, 5.41) is 15.1. The number of amides is 3. The van der Waals surface area contributed by atoms with Crippen LogP contribution >= 0.6 is 0 Å². The van der Waals surface area contributed by atoms with Gasteiger partial charge in [-0.15, -0.1) is 0 Å². The maximum absolute atomic E-state index is 13.7. The highest BCUT2D eigenvalue weighted by molar-refractivity contribution is 5.92. The standard InChI is InChI=1S/C26H41N3O7/c1-7-35-21(31)13-14-27-23(32)22(19-11-9-8-10-12-19)29(15-16-30)24(33)20(17-18(2)3)28-25(34)36-26(4,5)6/h8-12,18,20,22,30H,7,13-17H2,1-6H3,(H,27,32)(H,28,34). The molecule has 0 fully saturated rings. The van der Waals surface area contributed by atoms with Crippen LogP contribution in [0.25, 0.3) is 0 Å². The smallest absolute Gasteiger partial charge is 0.408 e. The molecule has 0 saturated carbocycles. The Morgan fingerprint density at radius 1 is 1.08 bits per heavy atom. The average Bonchev–Trinajstić information content (AvgIpc) is 2.77. The topological polar surface area (TPSA) is 134 Å². The van der Waals surface area contributed by atoms with Gasteiger partial charge in [0, 0.05) is 13.1 Å². The summed E-state index contributed by atoms with van der Waals surface area (Å²) in [6.07, 6.45) is -0.474. The number of carbonyl (C=O) groups excluding carboxylic acids is 4. The van der Waals surface area contributed by atoms with Crippen LogP contribution in [0.3, 0.4) is 0 Å². The lowest BCUT2D eigenvalue weighted by Crippen LogP contribution is -2.54. The van der Waals surface area contributed by atoms with Crippen LogP contribution in [0.5, 0.6) is 0 Å². The predicted molar refractivity (Wildman–Crippen MR) is 135 cm³/mol. The summed E-state index contributed by atoms with van der Waals surface area (Å²) in [6.45, 7) is 10.4. The number of ether oxygens (including phenoxy) is 2. The van der Waals surface area contributed by atoms with Gasteiger partial charge in [-0.1, -0.05) is 44.2 Å². The molecule has 1 aromatic carbocycles. The highest BCUT2D eigenvalue weighted by atomic mass is 16.6. The van der Waals surface area contributed by atoms with Crippen LogP contribution < -0.4 is 10.6 Å². The Bertz CT molecular complexity index is 853. The van der Waals surface area contributed by atoms with E-state index in [0.717, 1.165) is 0 Å². The van der Waals surface area contributed by atoms with E-state index >= 15 is 0 Å². The summed E-state index contributed by atoms with van der Waals surface area (Å²) in [7, 11) is 0. The van der Waals surface area contributed by atoms with E-state index in [1.54, 1.807) is 58.0 Å². The molecule has 202 valence electrons. The molecule has 1 aromatic rings. The fourth-order valence-electron chi connectivity index (χ4n) is 3.54. The largest absolute Gasteiger partial charge is 0.466 e. The quantitative estimate of drug-likeness (QED) is 0.349. The van der Waals surface area contributed by atoms with Gasteiger partial charge < -0.3 is 30.1 Å². The van der Waals surface area contributed by atoms with E-state index < -0.39 is 48.2 Å². The van der Waals surface area contributed by atoms with Crippen molar-refractivity contribution in [3.63, 3.8) is 0 Å². The molecule has 0 spiro atoms. The Hall–Kier alpha value is -3.14. The van der Waals surface area contributed by atoms with Crippen molar-refractivity contribution in [2.75, 3.05) is 26.3 Å². The molecule has 0 saturated heterocycles. The van der Waals surface area contributed by atoms with E-state index in [-0.39, 0.29) is 32.0 Å². The van der Waals surface area contributed by atoms with Crippen LogP contribution in [0.1, 0.15) is 66.0 Å². The second-order valence-electron chi connectivity index (χ2n) is 9.74. The van der Waals surface area contributed by atoms with E-state index in [2.05, 4.69) is 10.6 Å². The molecule has 0 radical (unpaired) electrons. The van der Waals surface area contributed by atoms with E-state index in [9.17, 15) is 24.3 Å². The summed E-state index contributed by atoms with van der Waals surface area (Å²) in [5.41, 5.74) is -0.236. The first-order valence-corrected chi connectivity index (χ1v) is 12.3. The minimum atomic E-state index is -1.09. The first-order chi connectivity index (χ1) is 16.9. The Morgan fingerprint density at radius 3 is 2.25 bits per heavy atom. The minimum Gasteiger partial charge on any atom is -0.466 e. The van der Waals surface area contributed by atoms with Gasteiger partial charge >= 0.3 is 12.1 Å². The third-order valence-electron chi connectivity index (χ3n) is 4.93. The molecule has 2 atom stereocenters. The number of hydrogen-bond acceptors (Lipinski definition) is 7. The third-order valence-corrected chi connectivity index (χ3v) is 4.93. The molecule has 0 aromatic heterocycles. The van der Waals surface area contributed by atoms with Crippen LogP contribution in [0.2, 0.25) is 0 Å². The van der Waals surface area contributed by atoms with Gasteiger partial charge in [-0.2, -0.15) is 0 Å². The summed E-state index contributed by atoms with van der Waals surface area (Å²) < 4.78 is 10.2. The highest BCUT2D eigenvalue weighted by Gasteiger charge is 2.36. The van der Waals surface area contributed by atoms with Gasteiger partial charge in [0.15, 0.2) is 0 Å². The fraction of sp³-hybridized carbons (Fsp3) is 0.615. The van der Waals surface area contributed by atoms with Gasteiger partial charge in [-0.25, -0.2) is 4.79 Å². The molecule has 0 bridgehead atoms. The van der Waals surface area contributed by atoms with Crippen molar-refractivity contribution in [1.29, 1.82) is 0 Å². The Balaban J connectivity index is 3.26. The predicted octanol–water partition coefficient (Wildman–Crippen LogP) is 2.56. The Labute approximate surface area is 213 Å². The first kappa shape index (κ1) is 30.9. The van der Waals surface area contributed by atoms with Crippen LogP contribution in [0.15, 0.2) is 30.3 Å². The van der Waals surface area contributed by atoms with Crippen LogP contribution in [0.4, 0.5) is 4.79 Å². The summed E-state index contributed by atoms with van der Waals surface area (Å²) in [4.78, 5) is 52.5. The molecule has 0 aliphatic carbocycles. The molecule has 0 heterocycles. The minimum absolute atomic E-state index is 0.0216. The second kappa shape index (κ2) is 15.1. The van der Waals surface area contributed by atoms with Crippen LogP contribution in [-0.2, 0) is 23.9 Å². The molecule has 0 aliphatic heterocycles. The zero-order valence-corrected chi connectivity index (χ0v) is 22.2. The number of esters is 1. The molecule has 3 amide bonds. The Morgan fingerprint density at radius 2 is 1.72 bits per heavy atom. The third kappa shape index (κ3) is 11.1. The molecule has 10 heteroatoms. The number of alkyl carbamates (subject to hydrolysis) is 1. The molecular weight excluding hydrogens is 466 g/mol. The summed E-state index contributed by atoms with van der Waals surface area (Å²) in [6, 6.07) is 6.58.